The lowest BCUT2D eigenvalue weighted by Gasteiger charge is -2.16. The summed E-state index contributed by atoms with van der Waals surface area (Å²) in [5, 5.41) is 0.744. The summed E-state index contributed by atoms with van der Waals surface area (Å²) < 4.78 is 1.60. The molecule has 1 heterocycles. The normalized spacial score (nSPS) is 13.4. The van der Waals surface area contributed by atoms with Gasteiger partial charge in [0.25, 0.3) is 0 Å². The number of halogens is 1. The Labute approximate surface area is 92.5 Å². The molecule has 0 amide bonds. The van der Waals surface area contributed by atoms with Crippen LogP contribution in [-0.4, -0.2) is 9.66 Å². The quantitative estimate of drug-likeness (QED) is 0.689. The van der Waals surface area contributed by atoms with Crippen LogP contribution < -0.4 is 5.84 Å². The molecule has 0 atom stereocenters. The van der Waals surface area contributed by atoms with Crippen molar-refractivity contribution >= 4 is 11.6 Å². The van der Waals surface area contributed by atoms with Gasteiger partial charge in [0.1, 0.15) is 6.33 Å². The van der Waals surface area contributed by atoms with E-state index in [9.17, 15) is 0 Å². The van der Waals surface area contributed by atoms with Crippen molar-refractivity contribution in [1.82, 2.24) is 9.66 Å². The molecule has 3 nitrogen and oxygen atoms in total. The molecule has 0 unspecified atom stereocenters. The van der Waals surface area contributed by atoms with Crippen LogP contribution in [0.3, 0.4) is 0 Å². The summed E-state index contributed by atoms with van der Waals surface area (Å²) in [4.78, 5) is 4.32. The lowest BCUT2D eigenvalue weighted by atomic mass is 9.92. The number of hydrogen-bond acceptors (Lipinski definition) is 2. The predicted molar refractivity (Wildman–Crippen MR) is 60.2 cm³/mol. The highest BCUT2D eigenvalue weighted by atomic mass is 35.5. The summed E-state index contributed by atoms with van der Waals surface area (Å²) in [6.45, 7) is 0. The zero-order valence-corrected chi connectivity index (χ0v) is 8.83. The maximum Gasteiger partial charge on any atom is 0.115 e. The summed E-state index contributed by atoms with van der Waals surface area (Å²) in [6, 6.07) is 5.95. The minimum absolute atomic E-state index is 0.744. The Morgan fingerprint density at radius 1 is 1.33 bits per heavy atom. The number of nitrogens with two attached hydrogens (primary N) is 1. The number of imidazole rings is 1. The van der Waals surface area contributed by atoms with Crippen molar-refractivity contribution < 1.29 is 0 Å². The Morgan fingerprint density at radius 3 is 3.07 bits per heavy atom. The number of aromatic nitrogens is 2. The van der Waals surface area contributed by atoms with Gasteiger partial charge in [-0.1, -0.05) is 17.7 Å². The minimum Gasteiger partial charge on any atom is -0.338 e. The van der Waals surface area contributed by atoms with E-state index in [1.165, 1.54) is 5.56 Å². The van der Waals surface area contributed by atoms with Crippen LogP contribution in [-0.2, 0) is 12.8 Å². The summed E-state index contributed by atoms with van der Waals surface area (Å²) in [6.07, 6.45) is 3.60. The predicted octanol–water partition coefficient (Wildman–Crippen LogP) is 2.02. The molecule has 3 rings (SSSR count). The van der Waals surface area contributed by atoms with Crippen LogP contribution in [0.5, 0.6) is 0 Å². The van der Waals surface area contributed by atoms with Gasteiger partial charge in [-0.25, -0.2) is 4.98 Å². The molecule has 76 valence electrons. The first kappa shape index (κ1) is 8.80. The Morgan fingerprint density at radius 2 is 2.20 bits per heavy atom. The van der Waals surface area contributed by atoms with Crippen LogP contribution in [0.15, 0.2) is 24.5 Å². The van der Waals surface area contributed by atoms with E-state index in [2.05, 4.69) is 11.1 Å². The maximum atomic E-state index is 5.98. The molecule has 15 heavy (non-hydrogen) atoms. The topological polar surface area (TPSA) is 43.8 Å². The smallest absolute Gasteiger partial charge is 0.115 e. The van der Waals surface area contributed by atoms with Gasteiger partial charge in [0.05, 0.1) is 11.4 Å². The second-order valence-corrected chi connectivity index (χ2v) is 4.19. The van der Waals surface area contributed by atoms with Crippen molar-refractivity contribution in [2.75, 3.05) is 5.84 Å². The lowest BCUT2D eigenvalue weighted by Crippen LogP contribution is -2.14. The third-order valence-electron chi connectivity index (χ3n) is 2.85. The standard InChI is InChI=1S/C11H10ClN3/c12-8-3-1-7-2-4-10-11(9(7)5-8)14-6-15(10)13/h1,3,5-6H,2,4,13H2. The van der Waals surface area contributed by atoms with Crippen molar-refractivity contribution in [3.05, 3.63) is 40.8 Å². The van der Waals surface area contributed by atoms with E-state index in [0.29, 0.717) is 0 Å². The summed E-state index contributed by atoms with van der Waals surface area (Å²) in [5.41, 5.74) is 4.48. The summed E-state index contributed by atoms with van der Waals surface area (Å²) >= 11 is 5.98. The molecule has 0 fully saturated rings. The molecule has 1 aliphatic carbocycles. The molecule has 0 aliphatic heterocycles. The van der Waals surface area contributed by atoms with Crippen molar-refractivity contribution in [2.24, 2.45) is 0 Å². The fourth-order valence-corrected chi connectivity index (χ4v) is 2.27. The fourth-order valence-electron chi connectivity index (χ4n) is 2.10. The average Bonchev–Trinajstić information content (AvgIpc) is 2.61. The highest BCUT2D eigenvalue weighted by Crippen LogP contribution is 2.33. The van der Waals surface area contributed by atoms with E-state index in [0.717, 1.165) is 34.8 Å². The molecule has 0 saturated carbocycles. The number of benzene rings is 1. The van der Waals surface area contributed by atoms with Gasteiger partial charge in [-0.05, 0) is 30.5 Å². The second kappa shape index (κ2) is 3.00. The molecule has 1 aromatic carbocycles. The SMILES string of the molecule is Nn1cnc2c1CCc1ccc(Cl)cc1-2. The van der Waals surface area contributed by atoms with Gasteiger partial charge in [0.15, 0.2) is 0 Å². The first-order valence-corrected chi connectivity index (χ1v) is 5.23. The van der Waals surface area contributed by atoms with Gasteiger partial charge in [-0.3, -0.25) is 4.68 Å². The second-order valence-electron chi connectivity index (χ2n) is 3.75. The molecule has 1 aliphatic rings. The molecule has 0 spiro atoms. The van der Waals surface area contributed by atoms with Crippen LogP contribution in [0.25, 0.3) is 11.3 Å². The minimum atomic E-state index is 0.744. The average molecular weight is 220 g/mol. The van der Waals surface area contributed by atoms with E-state index < -0.39 is 0 Å². The Kier molecular flexibility index (Phi) is 1.76. The van der Waals surface area contributed by atoms with Crippen LogP contribution in [0.4, 0.5) is 0 Å². The van der Waals surface area contributed by atoms with Crippen LogP contribution in [0, 0.1) is 0 Å². The largest absolute Gasteiger partial charge is 0.338 e. The van der Waals surface area contributed by atoms with E-state index in [4.69, 9.17) is 17.4 Å². The van der Waals surface area contributed by atoms with Crippen LogP contribution in [0.2, 0.25) is 5.02 Å². The zero-order valence-electron chi connectivity index (χ0n) is 8.07. The highest BCUT2D eigenvalue weighted by Gasteiger charge is 2.20. The molecule has 4 heteroatoms. The van der Waals surface area contributed by atoms with Gasteiger partial charge >= 0.3 is 0 Å². The Hall–Kier alpha value is -1.48. The molecular weight excluding hydrogens is 210 g/mol. The van der Waals surface area contributed by atoms with E-state index in [1.54, 1.807) is 11.0 Å². The Bertz CT molecular complexity index is 531. The van der Waals surface area contributed by atoms with Crippen LogP contribution in [0.1, 0.15) is 11.3 Å². The van der Waals surface area contributed by atoms with Gasteiger partial charge in [-0.2, -0.15) is 0 Å². The summed E-state index contributed by atoms with van der Waals surface area (Å²) in [5.74, 6) is 5.78. The first-order valence-electron chi connectivity index (χ1n) is 4.86. The highest BCUT2D eigenvalue weighted by molar-refractivity contribution is 6.30. The number of nitrogen functional groups attached to an aromatic ring is 1. The number of nitrogens with zero attached hydrogens (tertiary/aromatic N) is 2. The number of hydrogen-bond donors (Lipinski definition) is 1. The zero-order chi connectivity index (χ0) is 10.4. The van der Waals surface area contributed by atoms with E-state index in [1.807, 2.05) is 12.1 Å². The van der Waals surface area contributed by atoms with E-state index >= 15 is 0 Å². The van der Waals surface area contributed by atoms with Crippen molar-refractivity contribution in [1.29, 1.82) is 0 Å². The van der Waals surface area contributed by atoms with E-state index in [-0.39, 0.29) is 0 Å². The molecule has 0 saturated heterocycles. The molecular formula is C11H10ClN3. The number of fused-ring (bicyclic) bond motifs is 3. The summed E-state index contributed by atoms with van der Waals surface area (Å²) in [7, 11) is 0. The van der Waals surface area contributed by atoms with Crippen molar-refractivity contribution in [3.63, 3.8) is 0 Å². The Balaban J connectivity index is 2.28. The lowest BCUT2D eigenvalue weighted by molar-refractivity contribution is 0.831. The monoisotopic (exact) mass is 219 g/mol. The number of aryl methyl sites for hydroxylation is 1. The third-order valence-corrected chi connectivity index (χ3v) is 3.09. The van der Waals surface area contributed by atoms with Gasteiger partial charge in [0, 0.05) is 10.6 Å². The maximum absolute atomic E-state index is 5.98. The molecule has 0 radical (unpaired) electrons. The molecule has 0 bridgehead atoms. The molecule has 2 N–H and O–H groups in total. The molecule has 2 aromatic rings. The number of rotatable bonds is 0. The first-order chi connectivity index (χ1) is 7.25. The van der Waals surface area contributed by atoms with Gasteiger partial charge in [0.2, 0.25) is 0 Å². The van der Waals surface area contributed by atoms with Crippen molar-refractivity contribution in [3.8, 4) is 11.3 Å². The van der Waals surface area contributed by atoms with Gasteiger partial charge in [-0.15, -0.1) is 0 Å². The molecule has 1 aromatic heterocycles. The van der Waals surface area contributed by atoms with Crippen molar-refractivity contribution in [2.45, 2.75) is 12.8 Å². The third kappa shape index (κ3) is 1.23. The van der Waals surface area contributed by atoms with Crippen LogP contribution >= 0.6 is 11.6 Å². The van der Waals surface area contributed by atoms with Gasteiger partial charge < -0.3 is 5.84 Å². The fraction of sp³-hybridized carbons (Fsp3) is 0.182.